The van der Waals surface area contributed by atoms with Gasteiger partial charge in [0, 0.05) is 0 Å². The smallest absolute Gasteiger partial charge is 0.0787 e. The van der Waals surface area contributed by atoms with Crippen LogP contribution in [0.2, 0.25) is 0 Å². The molecule has 0 aromatic heterocycles. The van der Waals surface area contributed by atoms with Crippen molar-refractivity contribution >= 4 is 0 Å². The van der Waals surface area contributed by atoms with Crippen molar-refractivity contribution in [1.29, 1.82) is 0 Å². The lowest BCUT2D eigenvalue weighted by Gasteiger charge is -2.42. The Labute approximate surface area is 99.3 Å². The lowest BCUT2D eigenvalue weighted by Crippen LogP contribution is -2.33. The van der Waals surface area contributed by atoms with Crippen molar-refractivity contribution in [1.82, 2.24) is 0 Å². The van der Waals surface area contributed by atoms with Crippen LogP contribution in [0.25, 0.3) is 0 Å². The Bertz CT molecular complexity index is 337. The molecule has 0 aromatic carbocycles. The normalized spacial score (nSPS) is 38.6. The van der Waals surface area contributed by atoms with Crippen LogP contribution in [0.5, 0.6) is 0 Å². The molecular weight excluding hydrogens is 196 g/mol. The molecule has 0 saturated heterocycles. The second kappa shape index (κ2) is 3.73. The van der Waals surface area contributed by atoms with Crippen LogP contribution in [0, 0.1) is 10.8 Å². The predicted molar refractivity (Wildman–Crippen MR) is 68.2 cm³/mol. The fourth-order valence-electron chi connectivity index (χ4n) is 3.40. The average molecular weight is 220 g/mol. The Morgan fingerprint density at radius 2 is 2.00 bits per heavy atom. The van der Waals surface area contributed by atoms with Gasteiger partial charge < -0.3 is 5.11 Å². The van der Waals surface area contributed by atoms with Gasteiger partial charge in [-0.25, -0.2) is 0 Å². The number of rotatable bonds is 1. The van der Waals surface area contributed by atoms with Gasteiger partial charge in [-0.2, -0.15) is 0 Å². The molecule has 0 radical (unpaired) electrons. The van der Waals surface area contributed by atoms with Gasteiger partial charge in [0.15, 0.2) is 0 Å². The van der Waals surface area contributed by atoms with Gasteiger partial charge in [-0.15, -0.1) is 0 Å². The zero-order valence-corrected chi connectivity index (χ0v) is 10.8. The van der Waals surface area contributed by atoms with Crippen molar-refractivity contribution in [2.24, 2.45) is 10.8 Å². The number of hydrogen-bond donors (Lipinski definition) is 1. The van der Waals surface area contributed by atoms with E-state index in [1.165, 1.54) is 24.8 Å². The van der Waals surface area contributed by atoms with Crippen LogP contribution >= 0.6 is 0 Å². The highest BCUT2D eigenvalue weighted by Gasteiger charge is 2.47. The van der Waals surface area contributed by atoms with Gasteiger partial charge in [-0.1, -0.05) is 45.4 Å². The average Bonchev–Trinajstić information content (AvgIpc) is 2.47. The summed E-state index contributed by atoms with van der Waals surface area (Å²) in [6.45, 7) is 11.1. The van der Waals surface area contributed by atoms with E-state index < -0.39 is 0 Å². The number of allylic oxidation sites excluding steroid dienone is 1. The van der Waals surface area contributed by atoms with E-state index in [4.69, 9.17) is 0 Å². The van der Waals surface area contributed by atoms with Crippen molar-refractivity contribution in [3.05, 3.63) is 23.8 Å². The minimum Gasteiger partial charge on any atom is -0.388 e. The maximum absolute atomic E-state index is 9.71. The largest absolute Gasteiger partial charge is 0.388 e. The quantitative estimate of drug-likeness (QED) is 0.712. The summed E-state index contributed by atoms with van der Waals surface area (Å²) in [4.78, 5) is 0. The zero-order valence-electron chi connectivity index (χ0n) is 10.8. The third-order valence-electron chi connectivity index (χ3n) is 5.16. The molecule has 1 fully saturated rings. The number of hydrogen-bond acceptors (Lipinski definition) is 1. The first-order valence-electron chi connectivity index (χ1n) is 6.45. The van der Waals surface area contributed by atoms with Gasteiger partial charge >= 0.3 is 0 Å². The molecule has 2 aliphatic rings. The standard InChI is InChI=1S/C15H24O/c1-11-10-12(6-7-13(11)16)15(4)9-5-8-14(15,2)3/h10,13,16H,1,5-9H2,2-4H3/t13-,15+/m0/s1. The molecule has 0 aliphatic heterocycles. The van der Waals surface area contributed by atoms with Crippen LogP contribution < -0.4 is 0 Å². The molecule has 1 nitrogen and oxygen atoms in total. The summed E-state index contributed by atoms with van der Waals surface area (Å²) < 4.78 is 0. The molecule has 0 spiro atoms. The summed E-state index contributed by atoms with van der Waals surface area (Å²) in [6.07, 6.45) is 7.69. The molecule has 0 amide bonds. The lowest BCUT2D eigenvalue weighted by molar-refractivity contribution is 0.153. The van der Waals surface area contributed by atoms with E-state index in [1.54, 1.807) is 0 Å². The summed E-state index contributed by atoms with van der Waals surface area (Å²) >= 11 is 0. The van der Waals surface area contributed by atoms with Crippen LogP contribution in [0.15, 0.2) is 23.8 Å². The van der Waals surface area contributed by atoms with Crippen molar-refractivity contribution < 1.29 is 5.11 Å². The molecule has 2 aliphatic carbocycles. The molecule has 1 saturated carbocycles. The van der Waals surface area contributed by atoms with E-state index in [0.29, 0.717) is 10.8 Å². The first kappa shape index (κ1) is 11.9. The van der Waals surface area contributed by atoms with Crippen molar-refractivity contribution in [2.75, 3.05) is 0 Å². The predicted octanol–water partition coefficient (Wildman–Crippen LogP) is 3.84. The first-order chi connectivity index (χ1) is 7.37. The van der Waals surface area contributed by atoms with Gasteiger partial charge in [-0.05, 0) is 42.1 Å². The van der Waals surface area contributed by atoms with Gasteiger partial charge in [0.1, 0.15) is 0 Å². The van der Waals surface area contributed by atoms with Crippen molar-refractivity contribution in [3.8, 4) is 0 Å². The van der Waals surface area contributed by atoms with Gasteiger partial charge in [0.05, 0.1) is 6.10 Å². The second-order valence-electron chi connectivity index (χ2n) is 6.37. The van der Waals surface area contributed by atoms with Crippen LogP contribution in [-0.4, -0.2) is 11.2 Å². The SMILES string of the molecule is C=C1C=C([C@@]2(C)CCCC2(C)C)CC[C@@H]1O. The number of aliphatic hydroxyl groups excluding tert-OH is 1. The Morgan fingerprint density at radius 3 is 2.50 bits per heavy atom. The summed E-state index contributed by atoms with van der Waals surface area (Å²) in [6, 6.07) is 0. The molecule has 2 atom stereocenters. The topological polar surface area (TPSA) is 20.2 Å². The number of aliphatic hydroxyl groups is 1. The fourth-order valence-corrected chi connectivity index (χ4v) is 3.40. The molecular formula is C15H24O. The van der Waals surface area contributed by atoms with Crippen molar-refractivity contribution in [2.45, 2.75) is 59.0 Å². The molecule has 0 bridgehead atoms. The van der Waals surface area contributed by atoms with Gasteiger partial charge in [0.25, 0.3) is 0 Å². The third-order valence-corrected chi connectivity index (χ3v) is 5.16. The Kier molecular flexibility index (Phi) is 2.78. The molecule has 90 valence electrons. The molecule has 1 N–H and O–H groups in total. The van der Waals surface area contributed by atoms with Gasteiger partial charge in [0.2, 0.25) is 0 Å². The summed E-state index contributed by atoms with van der Waals surface area (Å²) in [5.74, 6) is 0. The Hall–Kier alpha value is -0.560. The van der Waals surface area contributed by atoms with Crippen LogP contribution in [-0.2, 0) is 0 Å². The molecule has 0 heterocycles. The van der Waals surface area contributed by atoms with E-state index in [-0.39, 0.29) is 6.10 Å². The lowest BCUT2D eigenvalue weighted by atomic mass is 9.62. The summed E-state index contributed by atoms with van der Waals surface area (Å²) in [5, 5.41) is 9.71. The van der Waals surface area contributed by atoms with E-state index >= 15 is 0 Å². The maximum Gasteiger partial charge on any atom is 0.0787 e. The molecule has 1 heteroatoms. The van der Waals surface area contributed by atoms with Gasteiger partial charge in [-0.3, -0.25) is 0 Å². The van der Waals surface area contributed by atoms with E-state index in [2.05, 4.69) is 33.4 Å². The van der Waals surface area contributed by atoms with Crippen LogP contribution in [0.1, 0.15) is 52.9 Å². The molecule has 0 aromatic rings. The van der Waals surface area contributed by atoms with E-state index in [9.17, 15) is 5.11 Å². The van der Waals surface area contributed by atoms with E-state index in [0.717, 1.165) is 18.4 Å². The zero-order chi connectivity index (χ0) is 12.0. The second-order valence-corrected chi connectivity index (χ2v) is 6.37. The maximum atomic E-state index is 9.71. The van der Waals surface area contributed by atoms with Crippen LogP contribution in [0.3, 0.4) is 0 Å². The summed E-state index contributed by atoms with van der Waals surface area (Å²) in [5.41, 5.74) is 3.13. The van der Waals surface area contributed by atoms with E-state index in [1.807, 2.05) is 0 Å². The Morgan fingerprint density at radius 1 is 1.31 bits per heavy atom. The highest BCUT2D eigenvalue weighted by Crippen LogP contribution is 2.58. The highest BCUT2D eigenvalue weighted by atomic mass is 16.3. The first-order valence-corrected chi connectivity index (χ1v) is 6.45. The molecule has 16 heavy (non-hydrogen) atoms. The highest BCUT2D eigenvalue weighted by molar-refractivity contribution is 5.33. The third kappa shape index (κ3) is 1.66. The van der Waals surface area contributed by atoms with Crippen LogP contribution in [0.4, 0.5) is 0 Å². The fraction of sp³-hybridized carbons (Fsp3) is 0.733. The minimum absolute atomic E-state index is 0.308. The minimum atomic E-state index is -0.308. The molecule has 0 unspecified atom stereocenters. The molecule has 2 rings (SSSR count). The summed E-state index contributed by atoms with van der Waals surface area (Å²) in [7, 11) is 0. The Balaban J connectivity index is 2.32. The van der Waals surface area contributed by atoms with Crippen molar-refractivity contribution in [3.63, 3.8) is 0 Å². The monoisotopic (exact) mass is 220 g/mol.